The van der Waals surface area contributed by atoms with E-state index >= 15 is 0 Å². The molecule has 0 atom stereocenters. The molecule has 0 radical (unpaired) electrons. The molecule has 0 unspecified atom stereocenters. The number of hydrogen-bond acceptors (Lipinski definition) is 3. The zero-order valence-electron chi connectivity index (χ0n) is 8.92. The number of H-pyrrole nitrogens is 1. The Morgan fingerprint density at radius 1 is 1.12 bits per heavy atom. The maximum absolute atomic E-state index is 11.9. The van der Waals surface area contributed by atoms with Crippen molar-refractivity contribution in [3.63, 3.8) is 0 Å². The molecule has 0 bridgehead atoms. The molecule has 0 saturated carbocycles. The summed E-state index contributed by atoms with van der Waals surface area (Å²) in [5.41, 5.74) is 1.94. The maximum atomic E-state index is 11.9. The fourth-order valence-corrected chi connectivity index (χ4v) is 1.78. The number of fused-ring (bicyclic) bond motifs is 1. The van der Waals surface area contributed by atoms with Gasteiger partial charge < -0.3 is 4.98 Å². The average molecular weight is 223 g/mol. The summed E-state index contributed by atoms with van der Waals surface area (Å²) >= 11 is 0. The maximum Gasteiger partial charge on any atom is 0.257 e. The Hall–Kier alpha value is -2.49. The number of nitrogens with one attached hydrogen (secondary N) is 1. The molecule has 3 rings (SSSR count). The molecule has 4 nitrogen and oxygen atoms in total. The second-order valence-corrected chi connectivity index (χ2v) is 3.70. The molecule has 82 valence electrons. The zero-order chi connectivity index (χ0) is 11.7. The molecule has 0 aliphatic rings. The van der Waals surface area contributed by atoms with Crippen LogP contribution in [0.4, 0.5) is 0 Å². The summed E-state index contributed by atoms with van der Waals surface area (Å²) in [4.78, 5) is 22.6. The number of nitrogens with zero attached hydrogens (tertiary/aromatic N) is 2. The highest BCUT2D eigenvalue weighted by molar-refractivity contribution is 5.79. The Balaban J connectivity index is 2.31. The summed E-state index contributed by atoms with van der Waals surface area (Å²) in [7, 11) is 0. The van der Waals surface area contributed by atoms with Crippen LogP contribution in [0.5, 0.6) is 0 Å². The van der Waals surface area contributed by atoms with E-state index in [9.17, 15) is 4.79 Å². The molecule has 0 aliphatic carbocycles. The molecule has 3 aromatic rings. The van der Waals surface area contributed by atoms with Crippen LogP contribution in [-0.2, 0) is 0 Å². The third-order valence-electron chi connectivity index (χ3n) is 2.60. The lowest BCUT2D eigenvalue weighted by atomic mass is 10.1. The fraction of sp³-hybridized carbons (Fsp3) is 0. The first kappa shape index (κ1) is 9.72. The molecule has 17 heavy (non-hydrogen) atoms. The van der Waals surface area contributed by atoms with Gasteiger partial charge in [-0.25, -0.2) is 9.97 Å². The van der Waals surface area contributed by atoms with Crippen molar-refractivity contribution < 1.29 is 0 Å². The predicted octanol–water partition coefficient (Wildman–Crippen LogP) is 1.99. The number of rotatable bonds is 1. The van der Waals surface area contributed by atoms with Gasteiger partial charge in [0.15, 0.2) is 0 Å². The van der Waals surface area contributed by atoms with E-state index in [-0.39, 0.29) is 5.56 Å². The van der Waals surface area contributed by atoms with Crippen molar-refractivity contribution in [2.24, 2.45) is 0 Å². The van der Waals surface area contributed by atoms with E-state index in [0.717, 1.165) is 10.9 Å². The first-order chi connectivity index (χ1) is 8.34. The number of benzene rings is 1. The monoisotopic (exact) mass is 223 g/mol. The van der Waals surface area contributed by atoms with Crippen molar-refractivity contribution in [1.82, 2.24) is 15.0 Å². The van der Waals surface area contributed by atoms with E-state index in [1.807, 2.05) is 36.4 Å². The van der Waals surface area contributed by atoms with E-state index in [0.29, 0.717) is 11.2 Å². The lowest BCUT2D eigenvalue weighted by Gasteiger charge is -2.02. The van der Waals surface area contributed by atoms with Gasteiger partial charge in [0.25, 0.3) is 5.56 Å². The number of aromatic nitrogens is 3. The molecule has 0 amide bonds. The molecule has 0 aliphatic heterocycles. The molecule has 0 spiro atoms. The van der Waals surface area contributed by atoms with E-state index in [2.05, 4.69) is 15.0 Å². The second-order valence-electron chi connectivity index (χ2n) is 3.70. The van der Waals surface area contributed by atoms with Crippen molar-refractivity contribution in [2.75, 3.05) is 0 Å². The van der Waals surface area contributed by atoms with Crippen LogP contribution in [0.3, 0.4) is 0 Å². The summed E-state index contributed by atoms with van der Waals surface area (Å²) in [5, 5.41) is 0.825. The Bertz CT molecular complexity index is 719. The molecule has 1 aromatic carbocycles. The highest BCUT2D eigenvalue weighted by Crippen LogP contribution is 2.17. The Morgan fingerprint density at radius 3 is 2.76 bits per heavy atom. The molecule has 2 heterocycles. The minimum Gasteiger partial charge on any atom is -0.306 e. The van der Waals surface area contributed by atoms with Crippen LogP contribution < -0.4 is 5.56 Å². The van der Waals surface area contributed by atoms with Gasteiger partial charge in [-0.2, -0.15) is 0 Å². The van der Waals surface area contributed by atoms with Crippen LogP contribution in [0.2, 0.25) is 0 Å². The van der Waals surface area contributed by atoms with Gasteiger partial charge in [0.2, 0.25) is 0 Å². The molecular formula is C13H9N3O. The Labute approximate surface area is 97.0 Å². The third-order valence-corrected chi connectivity index (χ3v) is 2.60. The topological polar surface area (TPSA) is 58.6 Å². The molecule has 1 N–H and O–H groups in total. The largest absolute Gasteiger partial charge is 0.306 e. The van der Waals surface area contributed by atoms with Gasteiger partial charge in [-0.15, -0.1) is 0 Å². The van der Waals surface area contributed by atoms with Gasteiger partial charge >= 0.3 is 0 Å². The van der Waals surface area contributed by atoms with Gasteiger partial charge in [-0.05, 0) is 11.6 Å². The second kappa shape index (κ2) is 3.83. The fourth-order valence-electron chi connectivity index (χ4n) is 1.78. The lowest BCUT2D eigenvalue weighted by molar-refractivity contribution is 1.16. The molecule has 4 heteroatoms. The zero-order valence-corrected chi connectivity index (χ0v) is 8.92. The third kappa shape index (κ3) is 1.69. The summed E-state index contributed by atoms with van der Waals surface area (Å²) in [6, 6.07) is 11.3. The summed E-state index contributed by atoms with van der Waals surface area (Å²) in [6.45, 7) is 0. The quantitative estimate of drug-likeness (QED) is 0.686. The summed E-state index contributed by atoms with van der Waals surface area (Å²) < 4.78 is 0. The molecule has 0 saturated heterocycles. The van der Waals surface area contributed by atoms with Crippen LogP contribution in [-0.4, -0.2) is 15.0 Å². The number of aromatic amines is 1. The highest BCUT2D eigenvalue weighted by atomic mass is 16.1. The minimum atomic E-state index is -0.137. The predicted molar refractivity (Wildman–Crippen MR) is 65.6 cm³/mol. The molecule has 2 aromatic heterocycles. The van der Waals surface area contributed by atoms with E-state index in [1.165, 1.54) is 6.33 Å². The van der Waals surface area contributed by atoms with Crippen LogP contribution in [0.15, 0.2) is 53.7 Å². The summed E-state index contributed by atoms with van der Waals surface area (Å²) in [5.74, 6) is 0. The standard InChI is InChI=1S/C13H9N3O/c17-13-11(9-4-2-1-3-5-9)6-10-7-14-8-15-12(10)16-13/h1-8H,(H,14,15,16,17). The van der Waals surface area contributed by atoms with Crippen LogP contribution in [0.25, 0.3) is 22.2 Å². The first-order valence-corrected chi connectivity index (χ1v) is 5.23. The van der Waals surface area contributed by atoms with Gasteiger partial charge in [-0.3, -0.25) is 4.79 Å². The Morgan fingerprint density at radius 2 is 1.94 bits per heavy atom. The minimum absolute atomic E-state index is 0.137. The SMILES string of the molecule is O=c1[nH]c2ncncc2cc1-c1ccccc1. The number of hydrogen-bond donors (Lipinski definition) is 1. The van der Waals surface area contributed by atoms with Crippen LogP contribution in [0, 0.1) is 0 Å². The van der Waals surface area contributed by atoms with Gasteiger partial charge in [0, 0.05) is 17.1 Å². The average Bonchev–Trinajstić information content (AvgIpc) is 2.39. The molecular weight excluding hydrogens is 214 g/mol. The van der Waals surface area contributed by atoms with E-state index in [4.69, 9.17) is 0 Å². The van der Waals surface area contributed by atoms with E-state index in [1.54, 1.807) is 6.20 Å². The van der Waals surface area contributed by atoms with E-state index < -0.39 is 0 Å². The van der Waals surface area contributed by atoms with Gasteiger partial charge in [0.05, 0.1) is 0 Å². The number of pyridine rings is 1. The highest BCUT2D eigenvalue weighted by Gasteiger charge is 2.05. The lowest BCUT2D eigenvalue weighted by Crippen LogP contribution is -2.09. The van der Waals surface area contributed by atoms with Crippen LogP contribution in [0.1, 0.15) is 0 Å². The van der Waals surface area contributed by atoms with Crippen LogP contribution >= 0.6 is 0 Å². The Kier molecular flexibility index (Phi) is 2.19. The van der Waals surface area contributed by atoms with Crippen molar-refractivity contribution in [3.05, 3.63) is 59.3 Å². The first-order valence-electron chi connectivity index (χ1n) is 5.23. The smallest absolute Gasteiger partial charge is 0.257 e. The van der Waals surface area contributed by atoms with Gasteiger partial charge in [-0.1, -0.05) is 30.3 Å². The normalized spacial score (nSPS) is 10.6. The van der Waals surface area contributed by atoms with Gasteiger partial charge in [0.1, 0.15) is 12.0 Å². The van der Waals surface area contributed by atoms with Crippen molar-refractivity contribution in [1.29, 1.82) is 0 Å². The van der Waals surface area contributed by atoms with Crippen molar-refractivity contribution in [3.8, 4) is 11.1 Å². The van der Waals surface area contributed by atoms with Crippen molar-refractivity contribution in [2.45, 2.75) is 0 Å². The molecule has 0 fully saturated rings. The summed E-state index contributed by atoms with van der Waals surface area (Å²) in [6.07, 6.45) is 3.10. The van der Waals surface area contributed by atoms with Crippen molar-refractivity contribution >= 4 is 11.0 Å².